The Morgan fingerprint density at radius 2 is 1.62 bits per heavy atom. The molecule has 3 nitrogen and oxygen atoms in total. The van der Waals surface area contributed by atoms with Crippen LogP contribution in [0.4, 0.5) is 26.3 Å². The van der Waals surface area contributed by atoms with Crippen LogP contribution in [0.15, 0.2) is 36.4 Å². The molecule has 2 heterocycles. The van der Waals surface area contributed by atoms with E-state index < -0.39 is 28.9 Å². The number of alkyl halides is 6. The molecule has 11 heteroatoms. The Labute approximate surface area is 233 Å². The number of hydrogen-bond donors (Lipinski definition) is 0. The highest BCUT2D eigenvalue weighted by atomic mass is 35.5. The first-order chi connectivity index (χ1) is 18.3. The van der Waals surface area contributed by atoms with Gasteiger partial charge in [-0.3, -0.25) is 4.79 Å². The lowest BCUT2D eigenvalue weighted by Gasteiger charge is -2.39. The standard InChI is InChI=1S/C28H29Cl2F6NO2/c29-23-7-6-19(15-24(23)30)26(10-8-22-4-1-2-11-39-22)9-3-5-25(38)37(17-26)16-18-12-20(27(31,32)33)14-21(13-18)28(34,35)36/h6-7,12-15,22H,1-5,8-11,16-17H2. The highest BCUT2D eigenvalue weighted by Gasteiger charge is 2.40. The van der Waals surface area contributed by atoms with Crippen LogP contribution in [0.25, 0.3) is 0 Å². The van der Waals surface area contributed by atoms with Gasteiger partial charge in [-0.2, -0.15) is 26.3 Å². The molecule has 2 fully saturated rings. The molecule has 0 radical (unpaired) electrons. The summed E-state index contributed by atoms with van der Waals surface area (Å²) in [6.07, 6.45) is -4.40. The van der Waals surface area contributed by atoms with Crippen molar-refractivity contribution in [2.45, 2.75) is 81.8 Å². The molecule has 2 aliphatic heterocycles. The molecule has 0 aliphatic carbocycles. The van der Waals surface area contributed by atoms with Crippen molar-refractivity contribution in [3.05, 3.63) is 68.7 Å². The van der Waals surface area contributed by atoms with Gasteiger partial charge in [-0.05, 0) is 86.4 Å². The number of rotatable bonds is 6. The minimum atomic E-state index is -4.97. The number of hydrogen-bond acceptors (Lipinski definition) is 2. The van der Waals surface area contributed by atoms with Crippen molar-refractivity contribution in [2.75, 3.05) is 13.2 Å². The second-order valence-electron chi connectivity index (χ2n) is 10.5. The summed E-state index contributed by atoms with van der Waals surface area (Å²) in [6.45, 7) is 0.412. The highest BCUT2D eigenvalue weighted by molar-refractivity contribution is 6.42. The van der Waals surface area contributed by atoms with E-state index in [1.54, 1.807) is 12.1 Å². The molecular formula is C28H29Cl2F6NO2. The molecule has 214 valence electrons. The van der Waals surface area contributed by atoms with Crippen molar-refractivity contribution in [1.29, 1.82) is 0 Å². The van der Waals surface area contributed by atoms with Gasteiger partial charge in [0.05, 0.1) is 27.3 Å². The Kier molecular flexibility index (Phi) is 9.13. The smallest absolute Gasteiger partial charge is 0.378 e. The molecule has 4 rings (SSSR count). The van der Waals surface area contributed by atoms with Crippen molar-refractivity contribution >= 4 is 29.1 Å². The number of carbonyl (C=O) groups is 1. The summed E-state index contributed by atoms with van der Waals surface area (Å²) >= 11 is 12.5. The van der Waals surface area contributed by atoms with Crippen molar-refractivity contribution in [2.24, 2.45) is 0 Å². The summed E-state index contributed by atoms with van der Waals surface area (Å²) in [7, 11) is 0. The topological polar surface area (TPSA) is 29.5 Å². The molecule has 39 heavy (non-hydrogen) atoms. The Hall–Kier alpha value is -1.97. The number of halogens is 8. The van der Waals surface area contributed by atoms with Gasteiger partial charge >= 0.3 is 12.4 Å². The van der Waals surface area contributed by atoms with Crippen LogP contribution in [0.1, 0.15) is 73.6 Å². The molecule has 0 bridgehead atoms. The van der Waals surface area contributed by atoms with Gasteiger partial charge in [0.1, 0.15) is 0 Å². The zero-order valence-electron chi connectivity index (χ0n) is 21.1. The fraction of sp³-hybridized carbons (Fsp3) is 0.536. The van der Waals surface area contributed by atoms with Crippen molar-refractivity contribution in [3.63, 3.8) is 0 Å². The van der Waals surface area contributed by atoms with E-state index in [9.17, 15) is 31.1 Å². The van der Waals surface area contributed by atoms with Crippen LogP contribution in [-0.2, 0) is 33.8 Å². The summed E-state index contributed by atoms with van der Waals surface area (Å²) < 4.78 is 86.7. The summed E-state index contributed by atoms with van der Waals surface area (Å²) in [5.74, 6) is -0.322. The van der Waals surface area contributed by atoms with Gasteiger partial charge < -0.3 is 9.64 Å². The van der Waals surface area contributed by atoms with E-state index in [0.717, 1.165) is 24.8 Å². The van der Waals surface area contributed by atoms with Gasteiger partial charge in [-0.25, -0.2) is 0 Å². The number of likely N-dealkylation sites (tertiary alicyclic amines) is 1. The number of amides is 1. The fourth-order valence-electron chi connectivity index (χ4n) is 5.63. The average Bonchev–Trinajstić information content (AvgIpc) is 3.03. The van der Waals surface area contributed by atoms with E-state index in [2.05, 4.69) is 0 Å². The maximum Gasteiger partial charge on any atom is 0.416 e. The van der Waals surface area contributed by atoms with Crippen molar-refractivity contribution < 1.29 is 35.9 Å². The molecular weight excluding hydrogens is 567 g/mol. The van der Waals surface area contributed by atoms with Gasteiger partial charge in [0, 0.05) is 31.5 Å². The van der Waals surface area contributed by atoms with E-state index in [0.29, 0.717) is 54.5 Å². The third-order valence-corrected chi connectivity index (χ3v) is 8.40. The molecule has 2 aromatic carbocycles. The fourth-order valence-corrected chi connectivity index (χ4v) is 5.92. The van der Waals surface area contributed by atoms with Crippen LogP contribution >= 0.6 is 23.2 Å². The van der Waals surface area contributed by atoms with Crippen LogP contribution in [0, 0.1) is 0 Å². The van der Waals surface area contributed by atoms with Gasteiger partial charge in [0.2, 0.25) is 5.91 Å². The van der Waals surface area contributed by atoms with Crippen LogP contribution in [0.5, 0.6) is 0 Å². The minimum absolute atomic E-state index is 0.0450. The van der Waals surface area contributed by atoms with Gasteiger partial charge in [-0.1, -0.05) is 29.3 Å². The molecule has 1 amide bonds. The zero-order valence-corrected chi connectivity index (χ0v) is 22.6. The first-order valence-corrected chi connectivity index (χ1v) is 13.7. The number of benzene rings is 2. The maximum atomic E-state index is 13.5. The van der Waals surface area contributed by atoms with E-state index >= 15 is 0 Å². The predicted octanol–water partition coefficient (Wildman–Crippen LogP) is 8.83. The molecule has 0 spiro atoms. The predicted molar refractivity (Wildman–Crippen MR) is 137 cm³/mol. The summed E-state index contributed by atoms with van der Waals surface area (Å²) in [5.41, 5.74) is -2.84. The highest BCUT2D eigenvalue weighted by Crippen LogP contribution is 2.42. The number of carbonyl (C=O) groups excluding carboxylic acids is 1. The van der Waals surface area contributed by atoms with E-state index in [4.69, 9.17) is 27.9 Å². The van der Waals surface area contributed by atoms with E-state index in [1.807, 2.05) is 6.07 Å². The monoisotopic (exact) mass is 595 g/mol. The lowest BCUT2D eigenvalue weighted by atomic mass is 9.72. The van der Waals surface area contributed by atoms with Gasteiger partial charge in [0.15, 0.2) is 0 Å². The van der Waals surface area contributed by atoms with Crippen LogP contribution in [-0.4, -0.2) is 30.1 Å². The van der Waals surface area contributed by atoms with Crippen LogP contribution < -0.4 is 0 Å². The van der Waals surface area contributed by atoms with Crippen LogP contribution in [0.2, 0.25) is 10.0 Å². The van der Waals surface area contributed by atoms with Crippen LogP contribution in [0.3, 0.4) is 0 Å². The largest absolute Gasteiger partial charge is 0.416 e. The Morgan fingerprint density at radius 3 is 2.21 bits per heavy atom. The second kappa shape index (κ2) is 11.9. The second-order valence-corrected chi connectivity index (χ2v) is 11.3. The quantitative estimate of drug-likeness (QED) is 0.312. The van der Waals surface area contributed by atoms with Crippen molar-refractivity contribution in [1.82, 2.24) is 4.90 Å². The first kappa shape index (κ1) is 30.0. The number of nitrogens with zero attached hydrogens (tertiary/aromatic N) is 1. The SMILES string of the molecule is O=C1CCCC(CCC2CCCCO2)(c2ccc(Cl)c(Cl)c2)CN1Cc1cc(C(F)(F)F)cc(C(F)(F)F)c1. The van der Waals surface area contributed by atoms with Gasteiger partial charge in [0.25, 0.3) is 0 Å². The Bertz CT molecular complexity index is 1150. The molecule has 2 aliphatic rings. The lowest BCUT2D eigenvalue weighted by Crippen LogP contribution is -2.42. The molecule has 2 saturated heterocycles. The first-order valence-electron chi connectivity index (χ1n) is 12.9. The zero-order chi connectivity index (χ0) is 28.4. The molecule has 0 saturated carbocycles. The van der Waals surface area contributed by atoms with E-state index in [-0.39, 0.29) is 43.2 Å². The third kappa shape index (κ3) is 7.41. The molecule has 2 unspecified atom stereocenters. The lowest BCUT2D eigenvalue weighted by molar-refractivity contribution is -0.143. The molecule has 2 aromatic rings. The minimum Gasteiger partial charge on any atom is -0.378 e. The maximum absolute atomic E-state index is 13.5. The Morgan fingerprint density at radius 1 is 0.923 bits per heavy atom. The molecule has 2 atom stereocenters. The average molecular weight is 596 g/mol. The Balaban J connectivity index is 1.70. The number of ether oxygens (including phenoxy) is 1. The van der Waals surface area contributed by atoms with Crippen molar-refractivity contribution in [3.8, 4) is 0 Å². The molecule has 0 N–H and O–H groups in total. The molecule has 0 aromatic heterocycles. The van der Waals surface area contributed by atoms with E-state index in [1.165, 1.54) is 4.90 Å². The third-order valence-electron chi connectivity index (χ3n) is 7.66. The summed E-state index contributed by atoms with van der Waals surface area (Å²) in [6, 6.07) is 6.70. The summed E-state index contributed by atoms with van der Waals surface area (Å²) in [5, 5.41) is 0.689. The summed E-state index contributed by atoms with van der Waals surface area (Å²) in [4.78, 5) is 14.5. The normalized spacial score (nSPS) is 23.1. The van der Waals surface area contributed by atoms with Gasteiger partial charge in [-0.15, -0.1) is 0 Å².